The van der Waals surface area contributed by atoms with Crippen LogP contribution in [0.25, 0.3) is 16.0 Å². The van der Waals surface area contributed by atoms with Crippen LogP contribution < -0.4 is 16.6 Å². The number of aliphatic hydroxyl groups is 2. The van der Waals surface area contributed by atoms with Gasteiger partial charge in [0.2, 0.25) is 6.54 Å². The number of ether oxygens (including phenoxy) is 2. The zero-order valence-electron chi connectivity index (χ0n) is 26.1. The van der Waals surface area contributed by atoms with Gasteiger partial charge >= 0.3 is 12.4 Å². The number of carbonyl (C=O) groups is 1. The SMILES string of the molecule is [C-]#[N+]CCOP(=S)(OC[C@H]1O[C@@H](n2cnc3c(NC(=O)c4ccccc4)ncnc32)C(F)[C@H]1O)O[C@@H]1C(F)[C@H](n2ccc(=O)[nH]c2=O)O[C@@H]1CO. The summed E-state index contributed by atoms with van der Waals surface area (Å²) in [5.41, 5.74) is -1.16. The van der Waals surface area contributed by atoms with E-state index in [1.807, 2.05) is 4.98 Å². The molecule has 51 heavy (non-hydrogen) atoms. The predicted molar refractivity (Wildman–Crippen MR) is 174 cm³/mol. The third kappa shape index (κ3) is 7.64. The van der Waals surface area contributed by atoms with Crippen LogP contribution in [0.15, 0.2) is 64.8 Å². The maximum absolute atomic E-state index is 15.8. The van der Waals surface area contributed by atoms with Crippen molar-refractivity contribution < 1.29 is 46.8 Å². The number of carbonyl (C=O) groups excluding carboxylic acids is 1. The number of nitrogens with one attached hydrogen (secondary N) is 2. The summed E-state index contributed by atoms with van der Waals surface area (Å²) in [4.78, 5) is 54.1. The quantitative estimate of drug-likeness (QED) is 0.0853. The van der Waals surface area contributed by atoms with E-state index in [-0.39, 0.29) is 30.1 Å². The van der Waals surface area contributed by atoms with Crippen molar-refractivity contribution >= 4 is 41.4 Å². The fraction of sp³-hybridized carbons (Fsp3) is 0.414. The van der Waals surface area contributed by atoms with Crippen LogP contribution in [0.5, 0.6) is 0 Å². The van der Waals surface area contributed by atoms with Crippen LogP contribution in [0.4, 0.5) is 14.6 Å². The molecule has 3 unspecified atom stereocenters. The number of halogens is 2. The molecule has 2 aliphatic rings. The number of hydrogen-bond donors (Lipinski definition) is 4. The first-order chi connectivity index (χ1) is 24.5. The lowest BCUT2D eigenvalue weighted by Gasteiger charge is -2.28. The summed E-state index contributed by atoms with van der Waals surface area (Å²) in [5.74, 6) is -0.420. The van der Waals surface area contributed by atoms with Crippen LogP contribution in [-0.4, -0.2) is 108 Å². The molecule has 2 saturated heterocycles. The number of fused-ring (bicyclic) bond motifs is 1. The molecule has 5 heterocycles. The first-order valence-electron chi connectivity index (χ1n) is 15.2. The van der Waals surface area contributed by atoms with E-state index in [9.17, 15) is 24.6 Å². The Morgan fingerprint density at radius 1 is 1.08 bits per heavy atom. The van der Waals surface area contributed by atoms with Crippen LogP contribution in [0.1, 0.15) is 22.8 Å². The lowest BCUT2D eigenvalue weighted by Crippen LogP contribution is -2.37. The Morgan fingerprint density at radius 3 is 2.55 bits per heavy atom. The molecule has 22 heteroatoms. The number of nitrogens with zero attached hydrogens (tertiary/aromatic N) is 6. The van der Waals surface area contributed by atoms with E-state index >= 15 is 8.78 Å². The summed E-state index contributed by atoms with van der Waals surface area (Å²) in [7, 11) is 0. The average molecular weight is 751 g/mol. The van der Waals surface area contributed by atoms with E-state index in [4.69, 9.17) is 41.4 Å². The number of aromatic amines is 1. The molecule has 0 saturated carbocycles. The molecule has 2 fully saturated rings. The van der Waals surface area contributed by atoms with E-state index in [2.05, 4.69) is 25.1 Å². The first-order valence-corrected chi connectivity index (χ1v) is 17.7. The Hall–Kier alpha value is -4.36. The Labute approximate surface area is 291 Å². The van der Waals surface area contributed by atoms with Gasteiger partial charge in [0, 0.05) is 17.8 Å². The van der Waals surface area contributed by atoms with Crippen LogP contribution in [0, 0.1) is 6.57 Å². The van der Waals surface area contributed by atoms with Crippen LogP contribution >= 0.6 is 6.72 Å². The highest BCUT2D eigenvalue weighted by molar-refractivity contribution is 8.07. The van der Waals surface area contributed by atoms with E-state index in [1.54, 1.807) is 30.3 Å². The molecule has 3 aromatic heterocycles. The van der Waals surface area contributed by atoms with Gasteiger partial charge in [0.1, 0.15) is 37.4 Å². The topological polar surface area (TPSA) is 219 Å². The monoisotopic (exact) mass is 750 g/mol. The molecule has 0 aliphatic carbocycles. The number of amides is 1. The zero-order chi connectivity index (χ0) is 36.3. The van der Waals surface area contributed by atoms with E-state index in [0.717, 1.165) is 23.2 Å². The Kier molecular flexibility index (Phi) is 11.1. The largest absolute Gasteiger partial charge is 0.394 e. The average Bonchev–Trinajstić information content (AvgIpc) is 3.78. The third-order valence-electron chi connectivity index (χ3n) is 7.87. The highest BCUT2D eigenvalue weighted by atomic mass is 32.5. The highest BCUT2D eigenvalue weighted by Gasteiger charge is 2.51. The number of hydrogen-bond acceptors (Lipinski definition) is 14. The van der Waals surface area contributed by atoms with Crippen molar-refractivity contribution in [2.45, 2.75) is 49.2 Å². The Balaban J connectivity index is 1.17. The summed E-state index contributed by atoms with van der Waals surface area (Å²) < 4.78 is 61.7. The van der Waals surface area contributed by atoms with Gasteiger partial charge in [0.05, 0.1) is 19.5 Å². The number of aromatic nitrogens is 6. The molecule has 0 bridgehead atoms. The van der Waals surface area contributed by atoms with Crippen molar-refractivity contribution in [1.29, 1.82) is 0 Å². The number of anilines is 1. The molecular weight excluding hydrogens is 721 g/mol. The van der Waals surface area contributed by atoms with Crippen molar-refractivity contribution in [3.63, 3.8) is 0 Å². The second kappa shape index (κ2) is 15.5. The minimum absolute atomic E-state index is 0.0479. The molecule has 6 rings (SSSR count). The Bertz CT molecular complexity index is 2080. The van der Waals surface area contributed by atoms with Crippen molar-refractivity contribution in [2.75, 3.05) is 31.7 Å². The number of H-pyrrole nitrogens is 1. The van der Waals surface area contributed by atoms with Crippen LogP contribution in [0.3, 0.4) is 0 Å². The van der Waals surface area contributed by atoms with Gasteiger partial charge in [0.15, 0.2) is 41.8 Å². The van der Waals surface area contributed by atoms with Gasteiger partial charge in [-0.2, -0.15) is 0 Å². The van der Waals surface area contributed by atoms with Crippen molar-refractivity contribution in [1.82, 2.24) is 29.1 Å². The van der Waals surface area contributed by atoms with E-state index in [0.29, 0.717) is 5.56 Å². The molecular formula is C29H29F2N8O10PS. The van der Waals surface area contributed by atoms with Gasteiger partial charge in [-0.25, -0.2) is 35.1 Å². The number of alkyl halides is 2. The van der Waals surface area contributed by atoms with Crippen LogP contribution in [-0.2, 0) is 34.9 Å². The zero-order valence-corrected chi connectivity index (χ0v) is 27.8. The fourth-order valence-electron chi connectivity index (χ4n) is 5.39. The van der Waals surface area contributed by atoms with Gasteiger partial charge in [-0.3, -0.25) is 28.2 Å². The minimum atomic E-state index is -4.07. The molecule has 270 valence electrons. The third-order valence-corrected chi connectivity index (χ3v) is 10.2. The second-order valence-corrected chi connectivity index (χ2v) is 14.1. The molecule has 1 amide bonds. The number of benzene rings is 1. The standard InChI is InChI=1S/C29H29F2N8O10PS/c1-32-8-10-45-50(51,49-23-16(11-40)47-28(20(23)31)38-9-7-18(41)36-29(38)44)46-12-17-22(42)19(30)27(48-17)39-14-35-21-24(33-13-34-25(21)39)37-26(43)15-5-3-2-4-6-15/h2-7,9,13-14,16-17,19-20,22-23,27-28,40,42H,8,10-12H2,(H,36,41,44)(H,33,34,37,43)/t16-,17-,19?,20?,22+,23+,27-,28-,50?/m1/s1. The lowest BCUT2D eigenvalue weighted by atomic mass is 10.1. The summed E-state index contributed by atoms with van der Waals surface area (Å²) in [6.07, 6.45) is -10.2. The molecule has 2 aliphatic heterocycles. The number of aliphatic hydroxyl groups excluding tert-OH is 2. The molecule has 1 aromatic carbocycles. The van der Waals surface area contributed by atoms with Gasteiger partial charge in [-0.05, 0) is 23.9 Å². The highest BCUT2D eigenvalue weighted by Crippen LogP contribution is 2.54. The van der Waals surface area contributed by atoms with Gasteiger partial charge < -0.3 is 38.9 Å². The van der Waals surface area contributed by atoms with E-state index < -0.39 is 86.3 Å². The molecule has 18 nitrogen and oxygen atoms in total. The predicted octanol–water partition coefficient (Wildman–Crippen LogP) is 1.02. The first kappa shape index (κ1) is 36.4. The molecule has 0 radical (unpaired) electrons. The van der Waals surface area contributed by atoms with Crippen LogP contribution in [0.2, 0.25) is 0 Å². The number of rotatable bonds is 13. The lowest BCUT2D eigenvalue weighted by molar-refractivity contribution is -0.0549. The smallest absolute Gasteiger partial charge is 0.330 e. The minimum Gasteiger partial charge on any atom is -0.394 e. The van der Waals surface area contributed by atoms with Crippen molar-refractivity contribution in [3.05, 3.63) is 93.1 Å². The van der Waals surface area contributed by atoms with Gasteiger partial charge in [0.25, 0.3) is 11.5 Å². The maximum Gasteiger partial charge on any atom is 0.330 e. The number of imidazole rings is 1. The molecule has 4 aromatic rings. The van der Waals surface area contributed by atoms with Crippen molar-refractivity contribution in [2.24, 2.45) is 0 Å². The van der Waals surface area contributed by atoms with Gasteiger partial charge in [-0.15, -0.1) is 0 Å². The summed E-state index contributed by atoms with van der Waals surface area (Å²) in [6, 6.07) is 9.31. The van der Waals surface area contributed by atoms with Crippen molar-refractivity contribution in [3.8, 4) is 0 Å². The normalized spacial score (nSPS) is 27.3. The summed E-state index contributed by atoms with van der Waals surface area (Å²) in [5, 5.41) is 23.4. The summed E-state index contributed by atoms with van der Waals surface area (Å²) in [6.45, 7) is 1.05. The second-order valence-electron chi connectivity index (χ2n) is 11.1. The molecule has 4 N–H and O–H groups in total. The van der Waals surface area contributed by atoms with E-state index in [1.165, 1.54) is 10.9 Å². The molecule has 9 atom stereocenters. The molecule has 0 spiro atoms. The maximum atomic E-state index is 15.8. The summed E-state index contributed by atoms with van der Waals surface area (Å²) >= 11 is 5.49. The van der Waals surface area contributed by atoms with Gasteiger partial charge in [-0.1, -0.05) is 18.2 Å². The Morgan fingerprint density at radius 2 is 1.82 bits per heavy atom. The fourth-order valence-corrected chi connectivity index (χ4v) is 7.48.